The van der Waals surface area contributed by atoms with Gasteiger partial charge in [-0.1, -0.05) is 30.7 Å². The van der Waals surface area contributed by atoms with E-state index in [4.69, 9.17) is 16.3 Å². The fourth-order valence-corrected chi connectivity index (χ4v) is 2.57. The lowest BCUT2D eigenvalue weighted by molar-refractivity contribution is 0.398. The van der Waals surface area contributed by atoms with Crippen LogP contribution in [-0.4, -0.2) is 18.6 Å². The van der Waals surface area contributed by atoms with E-state index in [1.54, 1.807) is 13.3 Å². The van der Waals surface area contributed by atoms with E-state index in [9.17, 15) is 0 Å². The molecule has 0 bridgehead atoms. The van der Waals surface area contributed by atoms with Gasteiger partial charge in [-0.2, -0.15) is 0 Å². The van der Waals surface area contributed by atoms with Gasteiger partial charge in [-0.25, -0.2) is 4.98 Å². The lowest BCUT2D eigenvalue weighted by Gasteiger charge is -2.16. The van der Waals surface area contributed by atoms with E-state index in [-0.39, 0.29) is 6.04 Å². The second kappa shape index (κ2) is 7.43. The molecule has 0 fully saturated rings. The number of pyridine rings is 1. The maximum atomic E-state index is 6.44. The number of nitrogens with one attached hydrogen (secondary N) is 1. The molecule has 1 atom stereocenters. The molecular weight excluding hydrogens is 284 g/mol. The summed E-state index contributed by atoms with van der Waals surface area (Å²) in [5, 5.41) is 4.23. The summed E-state index contributed by atoms with van der Waals surface area (Å²) in [6.07, 6.45) is 2.85. The first-order valence-corrected chi connectivity index (χ1v) is 7.56. The molecule has 4 heteroatoms. The molecule has 0 aliphatic rings. The summed E-state index contributed by atoms with van der Waals surface area (Å²) in [5.74, 6) is 0.602. The van der Waals surface area contributed by atoms with Crippen LogP contribution < -0.4 is 10.1 Å². The zero-order valence-corrected chi connectivity index (χ0v) is 13.4. The number of ether oxygens (including phenoxy) is 1. The van der Waals surface area contributed by atoms with Gasteiger partial charge in [0.2, 0.25) is 5.88 Å². The summed E-state index contributed by atoms with van der Waals surface area (Å²) in [5.41, 5.74) is 3.23. The zero-order valence-electron chi connectivity index (χ0n) is 12.7. The van der Waals surface area contributed by atoms with Crippen LogP contribution in [0.4, 0.5) is 0 Å². The summed E-state index contributed by atoms with van der Waals surface area (Å²) in [7, 11) is 1.61. The van der Waals surface area contributed by atoms with Crippen molar-refractivity contribution in [1.82, 2.24) is 10.3 Å². The third kappa shape index (κ3) is 3.96. The molecule has 0 amide bonds. The monoisotopic (exact) mass is 304 g/mol. The third-order valence-corrected chi connectivity index (χ3v) is 3.77. The maximum absolute atomic E-state index is 6.44. The SMILES string of the molecule is CCCNC(C)c1ccc(-c2ccnc(OC)c2)cc1Cl. The molecule has 112 valence electrons. The minimum absolute atomic E-state index is 0.249. The van der Waals surface area contributed by atoms with Gasteiger partial charge in [0, 0.05) is 23.3 Å². The predicted octanol–water partition coefficient (Wildman–Crippen LogP) is 4.47. The molecule has 1 aromatic carbocycles. The number of methoxy groups -OCH3 is 1. The summed E-state index contributed by atoms with van der Waals surface area (Å²) < 4.78 is 5.16. The van der Waals surface area contributed by atoms with Gasteiger partial charge in [0.05, 0.1) is 7.11 Å². The third-order valence-electron chi connectivity index (χ3n) is 3.44. The maximum Gasteiger partial charge on any atom is 0.213 e. The Morgan fingerprint density at radius 1 is 1.24 bits per heavy atom. The van der Waals surface area contributed by atoms with Crippen molar-refractivity contribution in [2.45, 2.75) is 26.3 Å². The molecule has 0 spiro atoms. The average Bonchev–Trinajstić information content (AvgIpc) is 2.52. The Hall–Kier alpha value is -1.58. The Kier molecular flexibility index (Phi) is 5.59. The van der Waals surface area contributed by atoms with Gasteiger partial charge < -0.3 is 10.1 Å². The molecule has 21 heavy (non-hydrogen) atoms. The smallest absolute Gasteiger partial charge is 0.213 e. The number of halogens is 1. The summed E-state index contributed by atoms with van der Waals surface area (Å²) in [4.78, 5) is 4.12. The van der Waals surface area contributed by atoms with E-state index in [0.717, 1.165) is 34.7 Å². The number of benzene rings is 1. The molecule has 1 unspecified atom stereocenters. The van der Waals surface area contributed by atoms with Gasteiger partial charge in [0.25, 0.3) is 0 Å². The van der Waals surface area contributed by atoms with E-state index in [1.807, 2.05) is 18.2 Å². The van der Waals surface area contributed by atoms with Crippen molar-refractivity contribution < 1.29 is 4.74 Å². The molecule has 0 aliphatic heterocycles. The first-order valence-electron chi connectivity index (χ1n) is 7.19. The highest BCUT2D eigenvalue weighted by molar-refractivity contribution is 6.31. The van der Waals surface area contributed by atoms with Crippen LogP contribution in [0.1, 0.15) is 31.9 Å². The number of nitrogens with zero attached hydrogens (tertiary/aromatic N) is 1. The summed E-state index contributed by atoms with van der Waals surface area (Å²) >= 11 is 6.44. The summed E-state index contributed by atoms with van der Waals surface area (Å²) in [6.45, 7) is 5.27. The fraction of sp³-hybridized carbons (Fsp3) is 0.353. The highest BCUT2D eigenvalue weighted by Gasteiger charge is 2.10. The van der Waals surface area contributed by atoms with Gasteiger partial charge in [-0.05, 0) is 48.7 Å². The largest absolute Gasteiger partial charge is 0.481 e. The Labute approximate surface area is 131 Å². The van der Waals surface area contributed by atoms with Gasteiger partial charge in [-0.3, -0.25) is 0 Å². The predicted molar refractivity (Wildman–Crippen MR) is 87.9 cm³/mol. The van der Waals surface area contributed by atoms with Gasteiger partial charge in [0.15, 0.2) is 0 Å². The van der Waals surface area contributed by atoms with Crippen LogP contribution in [0.3, 0.4) is 0 Å². The minimum Gasteiger partial charge on any atom is -0.481 e. The molecule has 0 saturated carbocycles. The Morgan fingerprint density at radius 3 is 2.67 bits per heavy atom. The van der Waals surface area contributed by atoms with E-state index in [2.05, 4.69) is 36.3 Å². The molecule has 1 aromatic heterocycles. The van der Waals surface area contributed by atoms with Crippen LogP contribution >= 0.6 is 11.6 Å². The molecule has 0 saturated heterocycles. The minimum atomic E-state index is 0.249. The van der Waals surface area contributed by atoms with Crippen molar-refractivity contribution >= 4 is 11.6 Å². The lowest BCUT2D eigenvalue weighted by Crippen LogP contribution is -2.19. The second-order valence-electron chi connectivity index (χ2n) is 5.00. The first kappa shape index (κ1) is 15.8. The Balaban J connectivity index is 2.25. The van der Waals surface area contributed by atoms with Crippen LogP contribution in [0, 0.1) is 0 Å². The standard InChI is InChI=1S/C17H21ClN2O/c1-4-8-19-12(2)15-6-5-13(10-16(15)18)14-7-9-20-17(11-14)21-3/h5-7,9-12,19H,4,8H2,1-3H3. The molecule has 0 aliphatic carbocycles. The van der Waals surface area contributed by atoms with Crippen molar-refractivity contribution in [3.63, 3.8) is 0 Å². The second-order valence-corrected chi connectivity index (χ2v) is 5.41. The highest BCUT2D eigenvalue weighted by Crippen LogP contribution is 2.30. The van der Waals surface area contributed by atoms with Crippen LogP contribution in [0.25, 0.3) is 11.1 Å². The van der Waals surface area contributed by atoms with Crippen molar-refractivity contribution in [3.8, 4) is 17.0 Å². The van der Waals surface area contributed by atoms with Crippen LogP contribution in [-0.2, 0) is 0 Å². The molecule has 1 heterocycles. The van der Waals surface area contributed by atoms with E-state index in [0.29, 0.717) is 5.88 Å². The average molecular weight is 305 g/mol. The fourth-order valence-electron chi connectivity index (χ4n) is 2.23. The molecule has 0 radical (unpaired) electrons. The van der Waals surface area contributed by atoms with Crippen molar-refractivity contribution in [2.75, 3.05) is 13.7 Å². The molecular formula is C17H21ClN2O. The van der Waals surface area contributed by atoms with Crippen LogP contribution in [0.5, 0.6) is 5.88 Å². The highest BCUT2D eigenvalue weighted by atomic mass is 35.5. The van der Waals surface area contributed by atoms with Crippen molar-refractivity contribution in [3.05, 3.63) is 47.1 Å². The van der Waals surface area contributed by atoms with Crippen LogP contribution in [0.2, 0.25) is 5.02 Å². The Bertz CT molecular complexity index is 601. The molecule has 1 N–H and O–H groups in total. The molecule has 2 aromatic rings. The van der Waals surface area contributed by atoms with Gasteiger partial charge in [-0.15, -0.1) is 0 Å². The van der Waals surface area contributed by atoms with Gasteiger partial charge in [0.1, 0.15) is 0 Å². The number of aromatic nitrogens is 1. The van der Waals surface area contributed by atoms with E-state index >= 15 is 0 Å². The lowest BCUT2D eigenvalue weighted by atomic mass is 10.0. The van der Waals surface area contributed by atoms with E-state index < -0.39 is 0 Å². The van der Waals surface area contributed by atoms with Crippen molar-refractivity contribution in [1.29, 1.82) is 0 Å². The zero-order chi connectivity index (χ0) is 15.2. The van der Waals surface area contributed by atoms with Gasteiger partial charge >= 0.3 is 0 Å². The first-order chi connectivity index (χ1) is 10.2. The normalized spacial score (nSPS) is 12.2. The number of hydrogen-bond donors (Lipinski definition) is 1. The van der Waals surface area contributed by atoms with E-state index in [1.165, 1.54) is 0 Å². The molecule has 2 rings (SSSR count). The summed E-state index contributed by atoms with van der Waals surface area (Å²) in [6, 6.07) is 10.3. The van der Waals surface area contributed by atoms with Crippen molar-refractivity contribution in [2.24, 2.45) is 0 Å². The molecule has 3 nitrogen and oxygen atoms in total. The number of hydrogen-bond acceptors (Lipinski definition) is 3. The number of rotatable bonds is 6. The quantitative estimate of drug-likeness (QED) is 0.855. The topological polar surface area (TPSA) is 34.2 Å². The Morgan fingerprint density at radius 2 is 2.00 bits per heavy atom. The van der Waals surface area contributed by atoms with Crippen LogP contribution in [0.15, 0.2) is 36.5 Å².